The van der Waals surface area contributed by atoms with E-state index in [-0.39, 0.29) is 5.91 Å². The summed E-state index contributed by atoms with van der Waals surface area (Å²) in [6.07, 6.45) is 5.36. The number of rotatable bonds is 7. The molecule has 126 valence electrons. The number of pyridine rings is 1. The topological polar surface area (TPSA) is 54.0 Å². The zero-order valence-electron chi connectivity index (χ0n) is 14.0. The normalized spacial score (nSPS) is 10.2. The Morgan fingerprint density at radius 3 is 2.36 bits per heavy atom. The van der Waals surface area contributed by atoms with E-state index < -0.39 is 0 Å². The van der Waals surface area contributed by atoms with Gasteiger partial charge in [0.2, 0.25) is 0 Å². The number of carbonyl (C=O) groups excluding carboxylic acids is 1. The quantitative estimate of drug-likeness (QED) is 0.632. The van der Waals surface area contributed by atoms with Crippen molar-refractivity contribution < 1.29 is 4.79 Å². The van der Waals surface area contributed by atoms with Gasteiger partial charge in [0.1, 0.15) is 0 Å². The predicted molar refractivity (Wildman–Crippen MR) is 102 cm³/mol. The monoisotopic (exact) mass is 331 g/mol. The summed E-state index contributed by atoms with van der Waals surface area (Å²) in [7, 11) is 0. The average Bonchev–Trinajstić information content (AvgIpc) is 2.67. The molecule has 0 fully saturated rings. The molecule has 0 radical (unpaired) electrons. The van der Waals surface area contributed by atoms with Gasteiger partial charge in [-0.2, -0.15) is 0 Å². The standard InChI is InChI=1S/C21H21N3O/c25-21(24-19-11-5-2-6-12-19)18-14-20(16-22-15-18)23-13-7-10-17-8-3-1-4-9-17/h1-6,8-9,11-12,14-16,23H,7,10,13H2,(H,24,25). The molecule has 1 aromatic heterocycles. The molecule has 1 heterocycles. The van der Waals surface area contributed by atoms with Gasteiger partial charge in [0.05, 0.1) is 11.3 Å². The molecule has 0 aliphatic carbocycles. The minimum absolute atomic E-state index is 0.161. The third kappa shape index (κ3) is 5.18. The van der Waals surface area contributed by atoms with Crippen molar-refractivity contribution in [3.63, 3.8) is 0 Å². The van der Waals surface area contributed by atoms with E-state index in [2.05, 4.69) is 39.9 Å². The first-order chi connectivity index (χ1) is 12.3. The van der Waals surface area contributed by atoms with Crippen LogP contribution < -0.4 is 10.6 Å². The van der Waals surface area contributed by atoms with Crippen LogP contribution in [0.1, 0.15) is 22.3 Å². The first-order valence-corrected chi connectivity index (χ1v) is 8.40. The maximum atomic E-state index is 12.3. The van der Waals surface area contributed by atoms with Gasteiger partial charge in [-0.25, -0.2) is 0 Å². The average molecular weight is 331 g/mol. The molecule has 1 amide bonds. The molecule has 0 unspecified atom stereocenters. The van der Waals surface area contributed by atoms with Crippen LogP contribution in [-0.2, 0) is 6.42 Å². The molecule has 0 saturated carbocycles. The fourth-order valence-electron chi connectivity index (χ4n) is 2.56. The number of aromatic nitrogens is 1. The molecule has 2 aromatic carbocycles. The van der Waals surface area contributed by atoms with Crippen molar-refractivity contribution in [1.82, 2.24) is 4.98 Å². The van der Waals surface area contributed by atoms with Crippen LogP contribution in [0, 0.1) is 0 Å². The van der Waals surface area contributed by atoms with Gasteiger partial charge in [-0.15, -0.1) is 0 Å². The Hall–Kier alpha value is -3.14. The number of amides is 1. The van der Waals surface area contributed by atoms with E-state index in [1.165, 1.54) is 5.56 Å². The first kappa shape index (κ1) is 16.7. The van der Waals surface area contributed by atoms with Gasteiger partial charge < -0.3 is 10.6 Å². The van der Waals surface area contributed by atoms with Crippen molar-refractivity contribution >= 4 is 17.3 Å². The lowest BCUT2D eigenvalue weighted by molar-refractivity contribution is 0.102. The molecule has 0 spiro atoms. The van der Waals surface area contributed by atoms with Crippen LogP contribution in [0.2, 0.25) is 0 Å². The van der Waals surface area contributed by atoms with E-state index in [4.69, 9.17) is 0 Å². The summed E-state index contributed by atoms with van der Waals surface area (Å²) in [5.74, 6) is -0.161. The van der Waals surface area contributed by atoms with Crippen molar-refractivity contribution in [1.29, 1.82) is 0 Å². The molecule has 3 aromatic rings. The van der Waals surface area contributed by atoms with Gasteiger partial charge in [-0.3, -0.25) is 9.78 Å². The minimum atomic E-state index is -0.161. The van der Waals surface area contributed by atoms with Gasteiger partial charge >= 0.3 is 0 Å². The zero-order valence-corrected chi connectivity index (χ0v) is 14.0. The lowest BCUT2D eigenvalue weighted by Gasteiger charge is -2.09. The van der Waals surface area contributed by atoms with E-state index in [9.17, 15) is 4.79 Å². The lowest BCUT2D eigenvalue weighted by Crippen LogP contribution is -2.13. The van der Waals surface area contributed by atoms with Gasteiger partial charge in [0.25, 0.3) is 5.91 Å². The van der Waals surface area contributed by atoms with E-state index in [0.717, 1.165) is 30.8 Å². The number of benzene rings is 2. The van der Waals surface area contributed by atoms with E-state index in [1.807, 2.05) is 42.5 Å². The minimum Gasteiger partial charge on any atom is -0.384 e. The molecular formula is C21H21N3O. The molecule has 0 aliphatic rings. The lowest BCUT2D eigenvalue weighted by atomic mass is 10.1. The fourth-order valence-corrected chi connectivity index (χ4v) is 2.56. The Morgan fingerprint density at radius 2 is 1.60 bits per heavy atom. The maximum Gasteiger partial charge on any atom is 0.257 e. The molecule has 0 aliphatic heterocycles. The largest absolute Gasteiger partial charge is 0.384 e. The second kappa shape index (κ2) is 8.64. The number of nitrogens with one attached hydrogen (secondary N) is 2. The Labute approximate surface area is 147 Å². The summed E-state index contributed by atoms with van der Waals surface area (Å²) in [5, 5.41) is 6.20. The number of hydrogen-bond donors (Lipinski definition) is 2. The summed E-state index contributed by atoms with van der Waals surface area (Å²) in [6, 6.07) is 21.6. The number of aryl methyl sites for hydroxylation is 1. The Morgan fingerprint density at radius 1 is 0.880 bits per heavy atom. The molecule has 4 heteroatoms. The second-order valence-electron chi connectivity index (χ2n) is 5.80. The highest BCUT2D eigenvalue weighted by atomic mass is 16.1. The van der Waals surface area contributed by atoms with Crippen molar-refractivity contribution in [3.8, 4) is 0 Å². The first-order valence-electron chi connectivity index (χ1n) is 8.40. The Balaban J connectivity index is 1.51. The molecule has 3 rings (SSSR count). The van der Waals surface area contributed by atoms with Crippen LogP contribution in [0.25, 0.3) is 0 Å². The summed E-state index contributed by atoms with van der Waals surface area (Å²) >= 11 is 0. The van der Waals surface area contributed by atoms with Crippen LogP contribution in [0.4, 0.5) is 11.4 Å². The summed E-state index contributed by atoms with van der Waals surface area (Å²) < 4.78 is 0. The van der Waals surface area contributed by atoms with Crippen LogP contribution in [0.3, 0.4) is 0 Å². The van der Waals surface area contributed by atoms with Crippen LogP contribution in [0.5, 0.6) is 0 Å². The number of para-hydroxylation sites is 1. The smallest absolute Gasteiger partial charge is 0.257 e. The maximum absolute atomic E-state index is 12.3. The second-order valence-corrected chi connectivity index (χ2v) is 5.80. The number of hydrogen-bond acceptors (Lipinski definition) is 3. The molecule has 2 N–H and O–H groups in total. The highest BCUT2D eigenvalue weighted by Gasteiger charge is 2.07. The number of nitrogens with zero attached hydrogens (tertiary/aromatic N) is 1. The van der Waals surface area contributed by atoms with Gasteiger partial charge in [0.15, 0.2) is 0 Å². The molecular weight excluding hydrogens is 310 g/mol. The van der Waals surface area contributed by atoms with E-state index in [0.29, 0.717) is 5.56 Å². The number of anilines is 2. The van der Waals surface area contributed by atoms with Crippen molar-refractivity contribution in [2.24, 2.45) is 0 Å². The van der Waals surface area contributed by atoms with Crippen molar-refractivity contribution in [2.75, 3.05) is 17.2 Å². The molecule has 0 saturated heterocycles. The van der Waals surface area contributed by atoms with Gasteiger partial charge in [0, 0.05) is 24.6 Å². The zero-order chi connectivity index (χ0) is 17.3. The molecule has 25 heavy (non-hydrogen) atoms. The van der Waals surface area contributed by atoms with E-state index >= 15 is 0 Å². The molecule has 4 nitrogen and oxygen atoms in total. The Kier molecular flexibility index (Phi) is 5.77. The summed E-state index contributed by atoms with van der Waals surface area (Å²) in [5.41, 5.74) is 3.50. The third-order valence-electron chi connectivity index (χ3n) is 3.85. The summed E-state index contributed by atoms with van der Waals surface area (Å²) in [6.45, 7) is 0.834. The van der Waals surface area contributed by atoms with E-state index in [1.54, 1.807) is 12.4 Å². The highest BCUT2D eigenvalue weighted by Crippen LogP contribution is 2.12. The van der Waals surface area contributed by atoms with Gasteiger partial charge in [-0.1, -0.05) is 48.5 Å². The fraction of sp³-hybridized carbons (Fsp3) is 0.143. The van der Waals surface area contributed by atoms with Crippen LogP contribution in [0.15, 0.2) is 79.1 Å². The molecule has 0 atom stereocenters. The van der Waals surface area contributed by atoms with Crippen LogP contribution in [-0.4, -0.2) is 17.4 Å². The summed E-state index contributed by atoms with van der Waals surface area (Å²) in [4.78, 5) is 16.5. The Bertz CT molecular complexity index is 804. The third-order valence-corrected chi connectivity index (χ3v) is 3.85. The SMILES string of the molecule is O=C(Nc1ccccc1)c1cncc(NCCCc2ccccc2)c1. The highest BCUT2D eigenvalue weighted by molar-refractivity contribution is 6.04. The van der Waals surface area contributed by atoms with Gasteiger partial charge in [-0.05, 0) is 36.6 Å². The van der Waals surface area contributed by atoms with Crippen LogP contribution >= 0.6 is 0 Å². The van der Waals surface area contributed by atoms with Crippen molar-refractivity contribution in [2.45, 2.75) is 12.8 Å². The predicted octanol–water partition coefficient (Wildman–Crippen LogP) is 4.38. The molecule has 0 bridgehead atoms. The number of carbonyl (C=O) groups is 1. The van der Waals surface area contributed by atoms with Crippen molar-refractivity contribution in [3.05, 3.63) is 90.3 Å².